The zero-order valence-electron chi connectivity index (χ0n) is 19.5. The summed E-state index contributed by atoms with van der Waals surface area (Å²) in [5, 5.41) is 0.729. The van der Waals surface area contributed by atoms with Gasteiger partial charge in [0, 0.05) is 16.8 Å². The van der Waals surface area contributed by atoms with Gasteiger partial charge in [0.25, 0.3) is 5.91 Å². The smallest absolute Gasteiger partial charge is 0.339 e. The summed E-state index contributed by atoms with van der Waals surface area (Å²) in [7, 11) is -3.20. The number of amides is 1. The summed E-state index contributed by atoms with van der Waals surface area (Å²) in [6.45, 7) is -0.463. The number of carbonyl (C=O) groups is 2. The van der Waals surface area contributed by atoms with Crippen LogP contribution in [-0.2, 0) is 32.2 Å². The van der Waals surface area contributed by atoms with Crippen LogP contribution in [0.15, 0.2) is 54.6 Å². The Hall–Kier alpha value is -3.26. The standard InChI is InChI=1S/C27H28N2O5S/c30-25(29(19-9-3-1-4-10-19)20-15-16-35(32,33)18-20)17-34-27(31)26-21-11-5-2-6-13-23(21)28-24-14-8-7-12-22(24)26/h1,3-4,7-10,12,14,20H,2,5-6,11,13,15-18H2. The van der Waals surface area contributed by atoms with E-state index in [1.165, 1.54) is 4.90 Å². The van der Waals surface area contributed by atoms with Gasteiger partial charge in [-0.05, 0) is 55.9 Å². The van der Waals surface area contributed by atoms with Crippen molar-refractivity contribution in [3.05, 3.63) is 71.4 Å². The lowest BCUT2D eigenvalue weighted by Crippen LogP contribution is -2.43. The molecule has 0 saturated carbocycles. The second-order valence-corrected chi connectivity index (χ2v) is 11.5. The van der Waals surface area contributed by atoms with E-state index in [0.717, 1.165) is 54.3 Å². The molecule has 1 amide bonds. The number of aryl methyl sites for hydroxylation is 1. The van der Waals surface area contributed by atoms with E-state index < -0.39 is 34.4 Å². The normalized spacial score (nSPS) is 19.0. The number of fused-ring (bicyclic) bond motifs is 2. The molecule has 2 aromatic carbocycles. The van der Waals surface area contributed by atoms with Crippen LogP contribution < -0.4 is 4.90 Å². The Balaban J connectivity index is 1.42. The number of hydrogen-bond acceptors (Lipinski definition) is 6. The third kappa shape index (κ3) is 4.93. The molecular formula is C27H28N2O5S. The van der Waals surface area contributed by atoms with Gasteiger partial charge in [-0.1, -0.05) is 42.8 Å². The zero-order chi connectivity index (χ0) is 24.4. The molecular weight excluding hydrogens is 464 g/mol. The minimum atomic E-state index is -3.20. The molecule has 1 unspecified atom stereocenters. The fraction of sp³-hybridized carbons (Fsp3) is 0.370. The van der Waals surface area contributed by atoms with Gasteiger partial charge >= 0.3 is 5.97 Å². The minimum Gasteiger partial charge on any atom is -0.452 e. The van der Waals surface area contributed by atoms with Crippen molar-refractivity contribution in [2.24, 2.45) is 0 Å². The average molecular weight is 493 g/mol. The van der Waals surface area contributed by atoms with E-state index in [1.807, 2.05) is 30.3 Å². The van der Waals surface area contributed by atoms with E-state index in [4.69, 9.17) is 9.72 Å². The van der Waals surface area contributed by atoms with Crippen LogP contribution in [0.3, 0.4) is 0 Å². The van der Waals surface area contributed by atoms with E-state index in [0.29, 0.717) is 17.7 Å². The van der Waals surface area contributed by atoms with E-state index in [1.54, 1.807) is 24.3 Å². The summed E-state index contributed by atoms with van der Waals surface area (Å²) in [5.74, 6) is -1.02. The second-order valence-electron chi connectivity index (χ2n) is 9.22. The van der Waals surface area contributed by atoms with Crippen LogP contribution in [0.1, 0.15) is 47.3 Å². The molecule has 0 radical (unpaired) electrons. The van der Waals surface area contributed by atoms with Gasteiger partial charge in [-0.3, -0.25) is 9.78 Å². The fourth-order valence-electron chi connectivity index (χ4n) is 5.18. The van der Waals surface area contributed by atoms with Crippen molar-refractivity contribution in [1.29, 1.82) is 0 Å². The Morgan fingerprint density at radius 2 is 1.71 bits per heavy atom. The summed E-state index contributed by atoms with van der Waals surface area (Å²) in [6, 6.07) is 16.0. The number of aromatic nitrogens is 1. The topological polar surface area (TPSA) is 93.6 Å². The van der Waals surface area contributed by atoms with Gasteiger partial charge in [-0.2, -0.15) is 0 Å². The SMILES string of the molecule is O=C(OCC(=O)N(c1ccccc1)C1CCS(=O)(=O)C1)c1c2c(nc3ccccc13)CCCCC2. The first kappa shape index (κ1) is 23.5. The van der Waals surface area contributed by atoms with E-state index in [2.05, 4.69) is 0 Å². The van der Waals surface area contributed by atoms with Crippen molar-refractivity contribution in [1.82, 2.24) is 4.98 Å². The lowest BCUT2D eigenvalue weighted by molar-refractivity contribution is -0.122. The number of benzene rings is 2. The molecule has 0 N–H and O–H groups in total. The third-order valence-electron chi connectivity index (χ3n) is 6.83. The van der Waals surface area contributed by atoms with Gasteiger partial charge in [0.05, 0.1) is 28.6 Å². The predicted molar refractivity (Wildman–Crippen MR) is 134 cm³/mol. The van der Waals surface area contributed by atoms with Gasteiger partial charge in [-0.25, -0.2) is 13.2 Å². The monoisotopic (exact) mass is 492 g/mol. The molecule has 5 rings (SSSR count). The van der Waals surface area contributed by atoms with Crippen molar-refractivity contribution in [3.8, 4) is 0 Å². The maximum absolute atomic E-state index is 13.4. The lowest BCUT2D eigenvalue weighted by atomic mass is 9.97. The number of ether oxygens (including phenoxy) is 1. The van der Waals surface area contributed by atoms with E-state index in [9.17, 15) is 18.0 Å². The molecule has 1 saturated heterocycles. The highest BCUT2D eigenvalue weighted by Crippen LogP contribution is 2.30. The molecule has 2 aliphatic rings. The number of pyridine rings is 1. The molecule has 1 aliphatic heterocycles. The molecule has 2 heterocycles. The molecule has 35 heavy (non-hydrogen) atoms. The van der Waals surface area contributed by atoms with Crippen molar-refractivity contribution in [3.63, 3.8) is 0 Å². The molecule has 8 heteroatoms. The number of para-hydroxylation sites is 2. The second kappa shape index (κ2) is 9.77. The summed E-state index contributed by atoms with van der Waals surface area (Å²) in [5.41, 5.74) is 3.68. The van der Waals surface area contributed by atoms with Gasteiger partial charge < -0.3 is 9.64 Å². The van der Waals surface area contributed by atoms with Crippen LogP contribution in [0.25, 0.3) is 10.9 Å². The Labute approximate surface area is 205 Å². The largest absolute Gasteiger partial charge is 0.452 e. The molecule has 182 valence electrons. The van der Waals surface area contributed by atoms with E-state index in [-0.39, 0.29) is 11.5 Å². The maximum atomic E-state index is 13.4. The number of sulfone groups is 1. The minimum absolute atomic E-state index is 0.0449. The molecule has 1 fully saturated rings. The van der Waals surface area contributed by atoms with Crippen LogP contribution in [0, 0.1) is 0 Å². The van der Waals surface area contributed by atoms with Crippen LogP contribution in [0.5, 0.6) is 0 Å². The maximum Gasteiger partial charge on any atom is 0.339 e. The summed E-state index contributed by atoms with van der Waals surface area (Å²) < 4.78 is 29.8. The lowest BCUT2D eigenvalue weighted by Gasteiger charge is -2.28. The van der Waals surface area contributed by atoms with Gasteiger partial charge in [0.1, 0.15) is 0 Å². The number of esters is 1. The number of rotatable bonds is 5. The van der Waals surface area contributed by atoms with Crippen molar-refractivity contribution < 1.29 is 22.7 Å². The third-order valence-corrected chi connectivity index (χ3v) is 8.58. The van der Waals surface area contributed by atoms with Crippen molar-refractivity contribution in [2.75, 3.05) is 23.0 Å². The van der Waals surface area contributed by atoms with Crippen LogP contribution >= 0.6 is 0 Å². The van der Waals surface area contributed by atoms with Gasteiger partial charge in [0.15, 0.2) is 16.4 Å². The molecule has 1 atom stereocenters. The summed E-state index contributed by atoms with van der Waals surface area (Å²) in [6.07, 6.45) is 5.01. The molecule has 0 bridgehead atoms. The molecule has 7 nitrogen and oxygen atoms in total. The number of anilines is 1. The van der Waals surface area contributed by atoms with E-state index >= 15 is 0 Å². The highest BCUT2D eigenvalue weighted by atomic mass is 32.2. The quantitative estimate of drug-likeness (QED) is 0.396. The number of hydrogen-bond donors (Lipinski definition) is 0. The van der Waals surface area contributed by atoms with Crippen molar-refractivity contribution in [2.45, 2.75) is 44.6 Å². The zero-order valence-corrected chi connectivity index (χ0v) is 20.3. The summed E-state index contributed by atoms with van der Waals surface area (Å²) >= 11 is 0. The Morgan fingerprint density at radius 1 is 0.971 bits per heavy atom. The first-order valence-corrected chi connectivity index (χ1v) is 13.9. The highest BCUT2D eigenvalue weighted by molar-refractivity contribution is 7.91. The first-order chi connectivity index (χ1) is 16.9. The Bertz CT molecular complexity index is 1370. The number of carbonyl (C=O) groups excluding carboxylic acids is 2. The molecule has 0 spiro atoms. The first-order valence-electron chi connectivity index (χ1n) is 12.1. The molecule has 3 aromatic rings. The van der Waals surface area contributed by atoms with Gasteiger partial charge in [0.2, 0.25) is 0 Å². The van der Waals surface area contributed by atoms with Gasteiger partial charge in [-0.15, -0.1) is 0 Å². The highest BCUT2D eigenvalue weighted by Gasteiger charge is 2.36. The Kier molecular flexibility index (Phi) is 6.56. The number of nitrogens with zero attached hydrogens (tertiary/aromatic N) is 2. The summed E-state index contributed by atoms with van der Waals surface area (Å²) in [4.78, 5) is 33.0. The average Bonchev–Trinajstić information content (AvgIpc) is 3.05. The van der Waals surface area contributed by atoms with Crippen LogP contribution in [-0.4, -0.2) is 49.4 Å². The molecule has 1 aromatic heterocycles. The Morgan fingerprint density at radius 3 is 2.49 bits per heavy atom. The van der Waals surface area contributed by atoms with Crippen LogP contribution in [0.2, 0.25) is 0 Å². The fourth-order valence-corrected chi connectivity index (χ4v) is 6.88. The van der Waals surface area contributed by atoms with Crippen LogP contribution in [0.4, 0.5) is 5.69 Å². The molecule has 1 aliphatic carbocycles. The van der Waals surface area contributed by atoms with Crippen molar-refractivity contribution >= 4 is 38.3 Å². The predicted octanol–water partition coefficient (Wildman–Crippen LogP) is 3.88.